The van der Waals surface area contributed by atoms with Crippen LogP contribution in [0.15, 0.2) is 34.3 Å². The second-order valence-electron chi connectivity index (χ2n) is 8.11. The highest BCUT2D eigenvalue weighted by Crippen LogP contribution is 2.24. The topological polar surface area (TPSA) is 59.0 Å². The smallest absolute Gasteiger partial charge is 0.243 e. The molecule has 1 aromatic rings. The van der Waals surface area contributed by atoms with E-state index in [0.29, 0.717) is 43.4 Å². The predicted molar refractivity (Wildman–Crippen MR) is 113 cm³/mol. The van der Waals surface area contributed by atoms with E-state index < -0.39 is 10.0 Å². The molecule has 6 heteroatoms. The van der Waals surface area contributed by atoms with Gasteiger partial charge in [0.2, 0.25) is 10.0 Å². The Kier molecular flexibility index (Phi) is 7.91. The van der Waals surface area contributed by atoms with Gasteiger partial charge in [-0.1, -0.05) is 49.9 Å². The number of unbranched alkanes of at least 4 members (excludes halogenated alkanes) is 1. The van der Waals surface area contributed by atoms with Crippen molar-refractivity contribution in [2.24, 2.45) is 11.1 Å². The first kappa shape index (κ1) is 21.3. The van der Waals surface area contributed by atoms with Crippen LogP contribution < -0.4 is 0 Å². The zero-order valence-electron chi connectivity index (χ0n) is 17.1. The zero-order valence-corrected chi connectivity index (χ0v) is 17.9. The molecule has 0 aromatic heterocycles. The number of nitrogens with zero attached hydrogens (tertiary/aromatic N) is 2. The molecule has 28 heavy (non-hydrogen) atoms. The minimum Gasteiger partial charge on any atom is -0.396 e. The van der Waals surface area contributed by atoms with Crippen molar-refractivity contribution in [2.45, 2.75) is 76.0 Å². The maximum atomic E-state index is 12.9. The van der Waals surface area contributed by atoms with Crippen molar-refractivity contribution in [3.05, 3.63) is 29.8 Å². The largest absolute Gasteiger partial charge is 0.396 e. The Labute approximate surface area is 170 Å². The minimum atomic E-state index is -3.42. The van der Waals surface area contributed by atoms with Gasteiger partial charge in [-0.05, 0) is 49.3 Å². The van der Waals surface area contributed by atoms with Gasteiger partial charge < -0.3 is 4.84 Å². The fourth-order valence-corrected chi connectivity index (χ4v) is 5.46. The average Bonchev–Trinajstić information content (AvgIpc) is 2.74. The Morgan fingerprint density at radius 2 is 1.75 bits per heavy atom. The average molecular weight is 407 g/mol. The highest BCUT2D eigenvalue weighted by atomic mass is 32.2. The number of hydrogen-bond acceptors (Lipinski definition) is 4. The first-order valence-corrected chi connectivity index (χ1v) is 12.3. The number of aryl methyl sites for hydroxylation is 1. The first-order valence-electron chi connectivity index (χ1n) is 10.9. The Morgan fingerprint density at radius 1 is 1.07 bits per heavy atom. The molecule has 2 fully saturated rings. The van der Waals surface area contributed by atoms with Crippen LogP contribution in [0.1, 0.15) is 70.3 Å². The number of hydrogen-bond donors (Lipinski definition) is 0. The number of oxime groups is 1. The molecule has 3 rings (SSSR count). The molecule has 2 aliphatic rings. The molecule has 0 bridgehead atoms. The van der Waals surface area contributed by atoms with Crippen molar-refractivity contribution in [3.8, 4) is 0 Å². The summed E-state index contributed by atoms with van der Waals surface area (Å²) in [6.07, 6.45) is 11.0. The van der Waals surface area contributed by atoms with Crippen molar-refractivity contribution in [3.63, 3.8) is 0 Å². The second-order valence-corrected chi connectivity index (χ2v) is 10.0. The highest BCUT2D eigenvalue weighted by Gasteiger charge is 2.28. The summed E-state index contributed by atoms with van der Waals surface area (Å²) in [7, 11) is -3.42. The van der Waals surface area contributed by atoms with Gasteiger partial charge in [0.15, 0.2) is 0 Å². The molecule has 0 unspecified atom stereocenters. The molecule has 0 spiro atoms. The van der Waals surface area contributed by atoms with Gasteiger partial charge >= 0.3 is 0 Å². The lowest BCUT2D eigenvalue weighted by Gasteiger charge is -2.27. The van der Waals surface area contributed by atoms with Gasteiger partial charge in [-0.15, -0.1) is 0 Å². The van der Waals surface area contributed by atoms with Gasteiger partial charge in [0.1, 0.15) is 6.61 Å². The Balaban J connectivity index is 1.49. The lowest BCUT2D eigenvalue weighted by atomic mass is 9.90. The Hall–Kier alpha value is -1.40. The molecular formula is C22H34N2O3S. The van der Waals surface area contributed by atoms with Gasteiger partial charge in [-0.25, -0.2) is 8.42 Å². The summed E-state index contributed by atoms with van der Waals surface area (Å²) in [4.78, 5) is 5.97. The van der Waals surface area contributed by atoms with Crippen LogP contribution in [-0.2, 0) is 21.3 Å². The Morgan fingerprint density at radius 3 is 2.39 bits per heavy atom. The van der Waals surface area contributed by atoms with Crippen molar-refractivity contribution in [1.82, 2.24) is 4.31 Å². The number of rotatable bonds is 8. The van der Waals surface area contributed by atoms with E-state index in [0.717, 1.165) is 25.0 Å². The third kappa shape index (κ3) is 5.80. The Bertz CT molecular complexity index is 728. The SMILES string of the molecule is CCCCc1ccc(S(=O)(=O)N2CCC(=NOCC3CCCCC3)CC2)cc1. The van der Waals surface area contributed by atoms with E-state index >= 15 is 0 Å². The summed E-state index contributed by atoms with van der Waals surface area (Å²) in [6.45, 7) is 3.82. The third-order valence-electron chi connectivity index (χ3n) is 5.91. The molecule has 0 radical (unpaired) electrons. The summed E-state index contributed by atoms with van der Waals surface area (Å²) >= 11 is 0. The standard InChI is InChI=1S/C22H34N2O3S/c1-2-3-7-19-10-12-22(13-11-19)28(25,26)24-16-14-21(15-17-24)23-27-18-20-8-5-4-6-9-20/h10-13,20H,2-9,14-18H2,1H3. The summed E-state index contributed by atoms with van der Waals surface area (Å²) in [5.41, 5.74) is 2.18. The molecule has 0 amide bonds. The zero-order chi connectivity index (χ0) is 19.8. The lowest BCUT2D eigenvalue weighted by molar-refractivity contribution is 0.0901. The van der Waals surface area contributed by atoms with Gasteiger partial charge in [0.05, 0.1) is 10.6 Å². The van der Waals surface area contributed by atoms with E-state index in [1.807, 2.05) is 12.1 Å². The van der Waals surface area contributed by atoms with E-state index in [4.69, 9.17) is 4.84 Å². The second kappa shape index (κ2) is 10.4. The molecule has 1 aromatic carbocycles. The fraction of sp³-hybridized carbons (Fsp3) is 0.682. The molecule has 1 saturated carbocycles. The molecule has 0 atom stereocenters. The van der Waals surface area contributed by atoms with Crippen molar-refractivity contribution < 1.29 is 13.3 Å². The normalized spacial score (nSPS) is 19.5. The van der Waals surface area contributed by atoms with Crippen LogP contribution in [0.2, 0.25) is 0 Å². The van der Waals surface area contributed by atoms with Crippen LogP contribution >= 0.6 is 0 Å². The molecule has 1 heterocycles. The van der Waals surface area contributed by atoms with Gasteiger partial charge in [-0.2, -0.15) is 4.31 Å². The molecule has 1 saturated heterocycles. The van der Waals surface area contributed by atoms with E-state index in [1.54, 1.807) is 16.4 Å². The van der Waals surface area contributed by atoms with Crippen LogP contribution in [0.25, 0.3) is 0 Å². The van der Waals surface area contributed by atoms with Crippen LogP contribution in [0.3, 0.4) is 0 Å². The summed E-state index contributed by atoms with van der Waals surface area (Å²) in [5.74, 6) is 0.638. The van der Waals surface area contributed by atoms with Crippen LogP contribution in [0.4, 0.5) is 0 Å². The van der Waals surface area contributed by atoms with Gasteiger partial charge in [-0.3, -0.25) is 0 Å². The molecule has 0 N–H and O–H groups in total. The predicted octanol–water partition coefficient (Wildman–Crippen LogP) is 4.77. The van der Waals surface area contributed by atoms with Crippen molar-refractivity contribution in [2.75, 3.05) is 19.7 Å². The molecule has 5 nitrogen and oxygen atoms in total. The summed E-state index contributed by atoms with van der Waals surface area (Å²) in [6, 6.07) is 7.38. The monoisotopic (exact) mass is 406 g/mol. The van der Waals surface area contributed by atoms with Gasteiger partial charge in [0, 0.05) is 25.9 Å². The number of sulfonamides is 1. The minimum absolute atomic E-state index is 0.390. The maximum Gasteiger partial charge on any atom is 0.243 e. The van der Waals surface area contributed by atoms with Gasteiger partial charge in [0.25, 0.3) is 0 Å². The van der Waals surface area contributed by atoms with Crippen molar-refractivity contribution in [1.29, 1.82) is 0 Å². The summed E-state index contributed by atoms with van der Waals surface area (Å²) < 4.78 is 27.4. The van der Waals surface area contributed by atoms with Crippen LogP contribution in [0, 0.1) is 5.92 Å². The lowest BCUT2D eigenvalue weighted by Crippen LogP contribution is -2.38. The highest BCUT2D eigenvalue weighted by molar-refractivity contribution is 7.89. The van der Waals surface area contributed by atoms with E-state index in [9.17, 15) is 8.42 Å². The maximum absolute atomic E-state index is 12.9. The first-order chi connectivity index (χ1) is 13.6. The fourth-order valence-electron chi connectivity index (χ4n) is 4.02. The molecule has 1 aliphatic heterocycles. The number of piperidine rings is 1. The van der Waals surface area contributed by atoms with E-state index in [1.165, 1.54) is 37.7 Å². The molecule has 1 aliphatic carbocycles. The molecular weight excluding hydrogens is 372 g/mol. The van der Waals surface area contributed by atoms with Crippen molar-refractivity contribution >= 4 is 15.7 Å². The van der Waals surface area contributed by atoms with Crippen LogP contribution in [-0.4, -0.2) is 38.1 Å². The molecule has 156 valence electrons. The quantitative estimate of drug-likeness (QED) is 0.585. The summed E-state index contributed by atoms with van der Waals surface area (Å²) in [5, 5.41) is 4.30. The van der Waals surface area contributed by atoms with E-state index in [-0.39, 0.29) is 0 Å². The number of benzene rings is 1. The van der Waals surface area contributed by atoms with Crippen LogP contribution in [0.5, 0.6) is 0 Å². The third-order valence-corrected chi connectivity index (χ3v) is 7.82. The van der Waals surface area contributed by atoms with E-state index in [2.05, 4.69) is 12.1 Å².